The first kappa shape index (κ1) is 36.5. The molecular formula is C40H44F2N2O6. The average molecular weight is 687 g/mol. The molecule has 2 saturated heterocycles. The van der Waals surface area contributed by atoms with Crippen molar-refractivity contribution in [3.05, 3.63) is 143 Å². The molecule has 50 heavy (non-hydrogen) atoms. The number of halogens is 2. The topological polar surface area (TPSA) is 99.5 Å². The maximum absolute atomic E-state index is 13.2. The van der Waals surface area contributed by atoms with Crippen LogP contribution in [0.15, 0.2) is 109 Å². The van der Waals surface area contributed by atoms with E-state index in [1.165, 1.54) is 24.3 Å². The zero-order chi connectivity index (χ0) is 35.7. The molecule has 2 fully saturated rings. The molecular weight excluding hydrogens is 642 g/mol. The standard InChI is InChI=1S/2C20H22FNO3/c2*1-20(24)11-12-22(18(13-20)16-7-9-17(21)10-8-16)19(23)25-14-15-5-3-2-4-6-15/h2*2-10,18,24H,11-14H2,1H3/t18-,20+;18-,20-/m00/s1. The molecule has 2 heterocycles. The minimum Gasteiger partial charge on any atom is -0.445 e. The maximum atomic E-state index is 13.2. The fourth-order valence-corrected chi connectivity index (χ4v) is 6.30. The van der Waals surface area contributed by atoms with Crippen LogP contribution in [0.5, 0.6) is 0 Å². The summed E-state index contributed by atoms with van der Waals surface area (Å²) < 4.78 is 37.3. The highest BCUT2D eigenvalue weighted by molar-refractivity contribution is 5.69. The number of hydrogen-bond donors (Lipinski definition) is 2. The van der Waals surface area contributed by atoms with E-state index in [-0.39, 0.29) is 36.9 Å². The lowest BCUT2D eigenvalue weighted by molar-refractivity contribution is -0.0339. The summed E-state index contributed by atoms with van der Waals surface area (Å²) in [6, 6.07) is 30.3. The second-order valence-corrected chi connectivity index (χ2v) is 13.5. The number of rotatable bonds is 6. The van der Waals surface area contributed by atoms with Crippen LogP contribution < -0.4 is 0 Å². The number of ether oxygens (including phenoxy) is 2. The largest absolute Gasteiger partial charge is 0.445 e. The van der Waals surface area contributed by atoms with Gasteiger partial charge in [0, 0.05) is 25.9 Å². The summed E-state index contributed by atoms with van der Waals surface area (Å²) in [6.07, 6.45) is 0.886. The molecule has 4 aromatic rings. The molecule has 0 unspecified atom stereocenters. The summed E-state index contributed by atoms with van der Waals surface area (Å²) in [4.78, 5) is 28.4. The van der Waals surface area contributed by atoms with Crippen molar-refractivity contribution in [3.63, 3.8) is 0 Å². The molecule has 2 aliphatic rings. The van der Waals surface area contributed by atoms with Crippen LogP contribution in [0, 0.1) is 11.6 Å². The van der Waals surface area contributed by atoms with Crippen LogP contribution in [0.1, 0.15) is 73.9 Å². The SMILES string of the molecule is C[C@@]1(O)CCN(C(=O)OCc2ccccc2)[C@H](c2ccc(F)cc2)C1.C[C@]1(O)CCN(C(=O)OCc2ccccc2)[C@H](c2ccc(F)cc2)C1. The molecule has 4 aromatic carbocycles. The Labute approximate surface area is 291 Å². The molecule has 10 heteroatoms. The van der Waals surface area contributed by atoms with E-state index in [2.05, 4.69) is 0 Å². The number of nitrogens with zero attached hydrogens (tertiary/aromatic N) is 2. The van der Waals surface area contributed by atoms with E-state index in [1.54, 1.807) is 47.9 Å². The Morgan fingerprint density at radius 1 is 0.620 bits per heavy atom. The van der Waals surface area contributed by atoms with E-state index in [0.29, 0.717) is 38.8 Å². The smallest absolute Gasteiger partial charge is 0.410 e. The lowest BCUT2D eigenvalue weighted by Crippen LogP contribution is -2.47. The molecule has 2 N–H and O–H groups in total. The van der Waals surface area contributed by atoms with Gasteiger partial charge in [-0.3, -0.25) is 0 Å². The van der Waals surface area contributed by atoms with Crippen LogP contribution in [0.4, 0.5) is 18.4 Å². The first-order valence-corrected chi connectivity index (χ1v) is 16.8. The van der Waals surface area contributed by atoms with E-state index >= 15 is 0 Å². The molecule has 264 valence electrons. The van der Waals surface area contributed by atoms with Crippen molar-refractivity contribution in [1.82, 2.24) is 9.80 Å². The summed E-state index contributed by atoms with van der Waals surface area (Å²) in [5.41, 5.74) is 1.68. The molecule has 0 aliphatic carbocycles. The lowest BCUT2D eigenvalue weighted by Gasteiger charge is -2.42. The predicted octanol–water partition coefficient (Wildman–Crippen LogP) is 8.10. The molecule has 0 bridgehead atoms. The van der Waals surface area contributed by atoms with Gasteiger partial charge in [0.1, 0.15) is 24.8 Å². The Morgan fingerprint density at radius 2 is 0.960 bits per heavy atom. The third kappa shape index (κ3) is 10.1. The van der Waals surface area contributed by atoms with Crippen LogP contribution in [-0.4, -0.2) is 56.5 Å². The zero-order valence-electron chi connectivity index (χ0n) is 28.4. The van der Waals surface area contributed by atoms with Gasteiger partial charge in [-0.1, -0.05) is 84.9 Å². The molecule has 2 amide bonds. The van der Waals surface area contributed by atoms with Crippen molar-refractivity contribution >= 4 is 12.2 Å². The van der Waals surface area contributed by atoms with Crippen LogP contribution in [0.2, 0.25) is 0 Å². The number of aliphatic hydroxyl groups is 2. The van der Waals surface area contributed by atoms with Gasteiger partial charge in [0.2, 0.25) is 0 Å². The molecule has 2 aliphatic heterocycles. The van der Waals surface area contributed by atoms with Crippen molar-refractivity contribution in [2.45, 2.75) is 76.0 Å². The zero-order valence-corrected chi connectivity index (χ0v) is 28.4. The van der Waals surface area contributed by atoms with Gasteiger partial charge in [-0.05, 0) is 73.2 Å². The van der Waals surface area contributed by atoms with Gasteiger partial charge in [0.25, 0.3) is 0 Å². The van der Waals surface area contributed by atoms with Crippen LogP contribution in [-0.2, 0) is 22.7 Å². The highest BCUT2D eigenvalue weighted by atomic mass is 19.1. The van der Waals surface area contributed by atoms with Crippen molar-refractivity contribution in [2.24, 2.45) is 0 Å². The molecule has 0 saturated carbocycles. The number of carbonyl (C=O) groups excluding carboxylic acids is 2. The summed E-state index contributed by atoms with van der Waals surface area (Å²) in [5, 5.41) is 20.8. The lowest BCUT2D eigenvalue weighted by atomic mass is 9.85. The van der Waals surface area contributed by atoms with E-state index in [0.717, 1.165) is 22.3 Å². The fraction of sp³-hybridized carbons (Fsp3) is 0.350. The third-order valence-corrected chi connectivity index (χ3v) is 9.19. The summed E-state index contributed by atoms with van der Waals surface area (Å²) >= 11 is 0. The Hall–Kier alpha value is -4.80. The molecule has 4 atom stereocenters. The number of benzene rings is 4. The molecule has 0 spiro atoms. The van der Waals surface area contributed by atoms with Crippen LogP contribution in [0.25, 0.3) is 0 Å². The number of likely N-dealkylation sites (tertiary alicyclic amines) is 2. The maximum Gasteiger partial charge on any atom is 0.410 e. The fourth-order valence-electron chi connectivity index (χ4n) is 6.30. The number of piperidine rings is 2. The van der Waals surface area contributed by atoms with E-state index in [9.17, 15) is 28.6 Å². The van der Waals surface area contributed by atoms with Gasteiger partial charge >= 0.3 is 12.2 Å². The summed E-state index contributed by atoms with van der Waals surface area (Å²) in [5.74, 6) is -0.658. The number of hydrogen-bond acceptors (Lipinski definition) is 6. The van der Waals surface area contributed by atoms with E-state index < -0.39 is 23.4 Å². The highest BCUT2D eigenvalue weighted by Gasteiger charge is 2.40. The first-order valence-electron chi connectivity index (χ1n) is 16.8. The van der Waals surface area contributed by atoms with Crippen molar-refractivity contribution < 1.29 is 38.1 Å². The quantitative estimate of drug-likeness (QED) is 0.213. The van der Waals surface area contributed by atoms with Gasteiger partial charge in [0.15, 0.2) is 0 Å². The second kappa shape index (κ2) is 16.3. The minimum atomic E-state index is -0.866. The summed E-state index contributed by atoms with van der Waals surface area (Å²) in [7, 11) is 0. The minimum absolute atomic E-state index is 0.197. The van der Waals surface area contributed by atoms with Gasteiger partial charge in [-0.25, -0.2) is 18.4 Å². The number of carbonyl (C=O) groups is 2. The Morgan fingerprint density at radius 3 is 1.30 bits per heavy atom. The van der Waals surface area contributed by atoms with Crippen molar-refractivity contribution in [1.29, 1.82) is 0 Å². The molecule has 6 rings (SSSR count). The number of amides is 2. The first-order chi connectivity index (χ1) is 23.9. The second-order valence-electron chi connectivity index (χ2n) is 13.5. The Bertz CT molecular complexity index is 1560. The van der Waals surface area contributed by atoms with E-state index in [1.807, 2.05) is 60.7 Å². The Balaban J connectivity index is 0.000000194. The normalized spacial score (nSPS) is 23.3. The van der Waals surface area contributed by atoms with Gasteiger partial charge in [0.05, 0.1) is 23.3 Å². The van der Waals surface area contributed by atoms with Crippen LogP contribution >= 0.6 is 0 Å². The van der Waals surface area contributed by atoms with Crippen LogP contribution in [0.3, 0.4) is 0 Å². The highest BCUT2D eigenvalue weighted by Crippen LogP contribution is 2.38. The van der Waals surface area contributed by atoms with Gasteiger partial charge in [-0.2, -0.15) is 0 Å². The Kier molecular flexibility index (Phi) is 11.9. The summed E-state index contributed by atoms with van der Waals surface area (Å²) in [6.45, 7) is 4.70. The third-order valence-electron chi connectivity index (χ3n) is 9.19. The average Bonchev–Trinajstić information content (AvgIpc) is 3.11. The van der Waals surface area contributed by atoms with Gasteiger partial charge < -0.3 is 29.5 Å². The monoisotopic (exact) mass is 686 g/mol. The molecule has 0 radical (unpaired) electrons. The van der Waals surface area contributed by atoms with E-state index in [4.69, 9.17) is 9.47 Å². The van der Waals surface area contributed by atoms with Crippen molar-refractivity contribution in [2.75, 3.05) is 13.1 Å². The van der Waals surface area contributed by atoms with Gasteiger partial charge in [-0.15, -0.1) is 0 Å². The van der Waals surface area contributed by atoms with Crippen molar-refractivity contribution in [3.8, 4) is 0 Å². The predicted molar refractivity (Wildman–Crippen MR) is 185 cm³/mol. The molecule has 8 nitrogen and oxygen atoms in total. The molecule has 0 aromatic heterocycles.